The first-order valence-corrected chi connectivity index (χ1v) is 7.45. The Labute approximate surface area is 125 Å². The van der Waals surface area contributed by atoms with Crippen molar-refractivity contribution in [3.05, 3.63) is 11.8 Å². The van der Waals surface area contributed by atoms with Crippen LogP contribution in [0, 0.1) is 17.8 Å². The van der Waals surface area contributed by atoms with Crippen molar-refractivity contribution >= 4 is 11.9 Å². The van der Waals surface area contributed by atoms with Crippen LogP contribution in [0.3, 0.4) is 0 Å². The minimum absolute atomic E-state index is 0.0152. The van der Waals surface area contributed by atoms with Crippen molar-refractivity contribution < 1.29 is 23.8 Å². The number of fused-ring (bicyclic) bond motifs is 1. The first-order chi connectivity index (χ1) is 9.69. The highest BCUT2D eigenvalue weighted by molar-refractivity contribution is 5.89. The molecule has 0 unspecified atom stereocenters. The van der Waals surface area contributed by atoms with Crippen LogP contribution < -0.4 is 0 Å². The lowest BCUT2D eigenvalue weighted by molar-refractivity contribution is -0.186. The van der Waals surface area contributed by atoms with Crippen molar-refractivity contribution in [3.63, 3.8) is 0 Å². The number of hydrogen-bond donors (Lipinski definition) is 0. The number of carbonyl (C=O) groups excluding carboxylic acids is 2. The molecule has 0 saturated heterocycles. The molecule has 0 spiro atoms. The van der Waals surface area contributed by atoms with Crippen LogP contribution in [-0.4, -0.2) is 23.8 Å². The lowest BCUT2D eigenvalue weighted by Crippen LogP contribution is -2.39. The van der Waals surface area contributed by atoms with Crippen LogP contribution in [0.1, 0.15) is 47.5 Å². The predicted molar refractivity (Wildman–Crippen MR) is 75.9 cm³/mol. The topological polar surface area (TPSA) is 61.8 Å². The van der Waals surface area contributed by atoms with Crippen LogP contribution in [0.25, 0.3) is 0 Å². The molecule has 1 aliphatic heterocycles. The minimum Gasteiger partial charge on any atom is -0.461 e. The second-order valence-electron chi connectivity index (χ2n) is 6.93. The molecule has 1 aliphatic carbocycles. The van der Waals surface area contributed by atoms with Crippen molar-refractivity contribution in [2.75, 3.05) is 0 Å². The van der Waals surface area contributed by atoms with Crippen LogP contribution in [0.5, 0.6) is 0 Å². The van der Waals surface area contributed by atoms with Gasteiger partial charge in [-0.2, -0.15) is 0 Å². The minimum atomic E-state index is -0.601. The predicted octanol–water partition coefficient (Wildman–Crippen LogP) is 2.79. The molecule has 0 aromatic rings. The quantitative estimate of drug-likeness (QED) is 0.733. The van der Waals surface area contributed by atoms with Gasteiger partial charge in [-0.3, -0.25) is 4.79 Å². The van der Waals surface area contributed by atoms with Gasteiger partial charge in [0.25, 0.3) is 0 Å². The molecule has 4 atom stereocenters. The largest absolute Gasteiger partial charge is 0.461 e. The Hall–Kier alpha value is -1.52. The van der Waals surface area contributed by atoms with Gasteiger partial charge in [0, 0.05) is 18.8 Å². The fraction of sp³-hybridized carbons (Fsp3) is 0.750. The maximum Gasteiger partial charge on any atom is 0.337 e. The average molecular weight is 296 g/mol. The van der Waals surface area contributed by atoms with Crippen molar-refractivity contribution in [2.24, 2.45) is 17.8 Å². The van der Waals surface area contributed by atoms with E-state index >= 15 is 0 Å². The van der Waals surface area contributed by atoms with E-state index in [9.17, 15) is 9.59 Å². The van der Waals surface area contributed by atoms with Gasteiger partial charge in [0.1, 0.15) is 5.60 Å². The van der Waals surface area contributed by atoms with Gasteiger partial charge >= 0.3 is 11.9 Å². The molecule has 2 aliphatic rings. The highest BCUT2D eigenvalue weighted by atomic mass is 16.7. The summed E-state index contributed by atoms with van der Waals surface area (Å²) in [6.07, 6.45) is 2.69. The number of ether oxygens (including phenoxy) is 3. The summed E-state index contributed by atoms with van der Waals surface area (Å²) in [6, 6.07) is 0. The summed E-state index contributed by atoms with van der Waals surface area (Å²) in [7, 11) is 0. The summed E-state index contributed by atoms with van der Waals surface area (Å²) in [5.74, 6) is -0.320. The highest BCUT2D eigenvalue weighted by Crippen LogP contribution is 2.47. The van der Waals surface area contributed by atoms with Gasteiger partial charge in [-0.15, -0.1) is 0 Å². The first-order valence-electron chi connectivity index (χ1n) is 7.45. The molecule has 1 heterocycles. The van der Waals surface area contributed by atoms with Gasteiger partial charge in [-0.25, -0.2) is 4.79 Å². The molecular weight excluding hydrogens is 272 g/mol. The van der Waals surface area contributed by atoms with E-state index in [-0.39, 0.29) is 23.8 Å². The van der Waals surface area contributed by atoms with Gasteiger partial charge in [0.15, 0.2) is 0 Å². The molecule has 1 saturated carbocycles. The molecule has 118 valence electrons. The first kappa shape index (κ1) is 15.9. The maximum atomic E-state index is 12.3. The molecule has 0 aromatic heterocycles. The normalized spacial score (nSPS) is 31.8. The molecule has 21 heavy (non-hydrogen) atoms. The van der Waals surface area contributed by atoms with Gasteiger partial charge in [0.05, 0.1) is 11.8 Å². The summed E-state index contributed by atoms with van der Waals surface area (Å²) in [5.41, 5.74) is 0.0207. The Morgan fingerprint density at radius 1 is 1.29 bits per heavy atom. The lowest BCUT2D eigenvalue weighted by Gasteiger charge is -2.35. The monoisotopic (exact) mass is 296 g/mol. The van der Waals surface area contributed by atoms with Crippen LogP contribution in [0.15, 0.2) is 11.8 Å². The zero-order valence-electron chi connectivity index (χ0n) is 13.3. The fourth-order valence-corrected chi connectivity index (χ4v) is 3.17. The van der Waals surface area contributed by atoms with E-state index in [2.05, 4.69) is 6.92 Å². The highest BCUT2D eigenvalue weighted by Gasteiger charge is 2.48. The molecule has 0 N–H and O–H groups in total. The third-order valence-electron chi connectivity index (χ3n) is 4.01. The zero-order valence-corrected chi connectivity index (χ0v) is 13.3. The molecule has 5 heteroatoms. The van der Waals surface area contributed by atoms with Crippen LogP contribution in [0.2, 0.25) is 0 Å². The maximum absolute atomic E-state index is 12.3. The summed E-state index contributed by atoms with van der Waals surface area (Å²) < 4.78 is 16.2. The van der Waals surface area contributed by atoms with E-state index in [4.69, 9.17) is 14.2 Å². The van der Waals surface area contributed by atoms with Gasteiger partial charge in [0.2, 0.25) is 6.29 Å². The Morgan fingerprint density at radius 3 is 2.52 bits per heavy atom. The van der Waals surface area contributed by atoms with Crippen molar-refractivity contribution in [3.8, 4) is 0 Å². The van der Waals surface area contributed by atoms with Gasteiger partial charge in [-0.1, -0.05) is 6.92 Å². The summed E-state index contributed by atoms with van der Waals surface area (Å²) >= 11 is 0. The standard InChI is InChI=1S/C16H24O5/c1-9-6-7-11-12(14(18)21-16(3,4)5)8-19-15(13(9)11)20-10(2)17/h8-9,11,13,15H,6-7H2,1-5H3/t9-,11+,13+,15-/m0/s1. The van der Waals surface area contributed by atoms with E-state index in [1.807, 2.05) is 20.8 Å². The SMILES string of the molecule is CC(=O)O[C@@H]1OC=C(C(=O)OC(C)(C)C)[C@H]2CC[C@H](C)[C@@H]12. The van der Waals surface area contributed by atoms with E-state index < -0.39 is 11.9 Å². The lowest BCUT2D eigenvalue weighted by atomic mass is 9.83. The van der Waals surface area contributed by atoms with Crippen LogP contribution >= 0.6 is 0 Å². The molecule has 0 amide bonds. The Kier molecular flexibility index (Phi) is 4.30. The molecule has 2 rings (SSSR count). The van der Waals surface area contributed by atoms with E-state index in [0.717, 1.165) is 12.8 Å². The van der Waals surface area contributed by atoms with Crippen molar-refractivity contribution in [2.45, 2.75) is 59.4 Å². The molecule has 0 bridgehead atoms. The Morgan fingerprint density at radius 2 is 1.95 bits per heavy atom. The fourth-order valence-electron chi connectivity index (χ4n) is 3.17. The number of esters is 2. The van der Waals surface area contributed by atoms with Crippen LogP contribution in [-0.2, 0) is 23.8 Å². The third-order valence-corrected chi connectivity index (χ3v) is 4.01. The second kappa shape index (κ2) is 5.70. The number of carbonyl (C=O) groups is 2. The van der Waals surface area contributed by atoms with Crippen molar-refractivity contribution in [1.82, 2.24) is 0 Å². The van der Waals surface area contributed by atoms with E-state index in [1.165, 1.54) is 13.2 Å². The number of hydrogen-bond acceptors (Lipinski definition) is 5. The zero-order chi connectivity index (χ0) is 15.8. The van der Waals surface area contributed by atoms with E-state index in [0.29, 0.717) is 11.5 Å². The smallest absolute Gasteiger partial charge is 0.337 e. The summed E-state index contributed by atoms with van der Waals surface area (Å²) in [5, 5.41) is 0. The van der Waals surface area contributed by atoms with Gasteiger partial charge in [-0.05, 0) is 39.5 Å². The van der Waals surface area contributed by atoms with Crippen molar-refractivity contribution in [1.29, 1.82) is 0 Å². The second-order valence-corrected chi connectivity index (χ2v) is 6.93. The molecule has 0 radical (unpaired) electrons. The Bertz CT molecular complexity index is 460. The molecule has 0 aromatic carbocycles. The summed E-state index contributed by atoms with van der Waals surface area (Å²) in [4.78, 5) is 23.5. The van der Waals surface area contributed by atoms with Crippen LogP contribution in [0.4, 0.5) is 0 Å². The Balaban J connectivity index is 2.19. The molecular formula is C16H24O5. The summed E-state index contributed by atoms with van der Waals surface area (Å²) in [6.45, 7) is 8.98. The third kappa shape index (κ3) is 3.57. The van der Waals surface area contributed by atoms with E-state index in [1.54, 1.807) is 0 Å². The number of rotatable bonds is 2. The average Bonchev–Trinajstić information content (AvgIpc) is 2.69. The van der Waals surface area contributed by atoms with Gasteiger partial charge < -0.3 is 14.2 Å². The molecule has 5 nitrogen and oxygen atoms in total. The molecule has 1 fully saturated rings.